The highest BCUT2D eigenvalue weighted by molar-refractivity contribution is 5.95. The molecule has 0 aliphatic carbocycles. The van der Waals surface area contributed by atoms with Gasteiger partial charge in [0.25, 0.3) is 0 Å². The average molecular weight is 322 g/mol. The van der Waals surface area contributed by atoms with Crippen molar-refractivity contribution in [1.82, 2.24) is 4.57 Å². The first kappa shape index (κ1) is 15.8. The van der Waals surface area contributed by atoms with Crippen molar-refractivity contribution in [3.63, 3.8) is 0 Å². The van der Waals surface area contributed by atoms with E-state index in [0.717, 1.165) is 17.0 Å². The summed E-state index contributed by atoms with van der Waals surface area (Å²) in [4.78, 5) is 12.5. The molecule has 0 atom stereocenters. The molecule has 0 saturated heterocycles. The molecule has 1 heterocycles. The number of anilines is 1. The Morgan fingerprint density at radius 2 is 1.79 bits per heavy atom. The zero-order valence-electron chi connectivity index (χ0n) is 13.8. The summed E-state index contributed by atoms with van der Waals surface area (Å²) >= 11 is 0. The van der Waals surface area contributed by atoms with Gasteiger partial charge in [-0.25, -0.2) is 9.13 Å². The Balaban J connectivity index is 1.86. The molecule has 5 nitrogen and oxygen atoms in total. The zero-order valence-corrected chi connectivity index (χ0v) is 13.8. The van der Waals surface area contributed by atoms with Crippen LogP contribution in [0, 0.1) is 0 Å². The summed E-state index contributed by atoms with van der Waals surface area (Å²) in [5.41, 5.74) is 8.82. The molecule has 3 rings (SSSR count). The molecule has 0 bridgehead atoms. The maximum Gasteiger partial charge on any atom is 0.355 e. The number of nitrogens with two attached hydrogens (primary N) is 1. The molecule has 0 radical (unpaired) electrons. The first-order chi connectivity index (χ1) is 11.6. The number of Topliss-reactive ketones (excluding diaryl/α,β-unsaturated/α-hetero) is 1. The van der Waals surface area contributed by atoms with Crippen LogP contribution in [-0.4, -0.2) is 17.5 Å². The normalized spacial score (nSPS) is 10.6. The molecule has 0 saturated carbocycles. The van der Waals surface area contributed by atoms with Crippen LogP contribution < -0.4 is 15.0 Å². The summed E-state index contributed by atoms with van der Waals surface area (Å²) in [6.45, 7) is 0.193. The van der Waals surface area contributed by atoms with E-state index in [0.29, 0.717) is 11.5 Å². The lowest BCUT2D eigenvalue weighted by atomic mass is 10.1. The van der Waals surface area contributed by atoms with Gasteiger partial charge in [0.15, 0.2) is 5.78 Å². The summed E-state index contributed by atoms with van der Waals surface area (Å²) < 4.78 is 8.77. The SMILES string of the molecule is COc1ccc(C(=O)C[n+]2cc(-c3ccccc3)n(C)c2N)cc1. The van der Waals surface area contributed by atoms with Crippen LogP contribution in [-0.2, 0) is 13.6 Å². The number of methoxy groups -OCH3 is 1. The zero-order chi connectivity index (χ0) is 17.1. The van der Waals surface area contributed by atoms with E-state index in [1.165, 1.54) is 0 Å². The third-order valence-corrected chi connectivity index (χ3v) is 4.07. The van der Waals surface area contributed by atoms with E-state index in [4.69, 9.17) is 10.5 Å². The minimum absolute atomic E-state index is 0.000403. The van der Waals surface area contributed by atoms with Crippen LogP contribution in [0.2, 0.25) is 0 Å². The molecule has 0 aliphatic heterocycles. The number of hydrogen-bond acceptors (Lipinski definition) is 3. The maximum atomic E-state index is 12.5. The molecule has 122 valence electrons. The van der Waals surface area contributed by atoms with Gasteiger partial charge < -0.3 is 4.74 Å². The van der Waals surface area contributed by atoms with Crippen LogP contribution >= 0.6 is 0 Å². The van der Waals surface area contributed by atoms with Gasteiger partial charge in [-0.15, -0.1) is 0 Å². The van der Waals surface area contributed by atoms with Gasteiger partial charge in [0, 0.05) is 11.1 Å². The number of rotatable bonds is 5. The topological polar surface area (TPSA) is 61.1 Å². The summed E-state index contributed by atoms with van der Waals surface area (Å²) in [7, 11) is 3.49. The van der Waals surface area contributed by atoms with E-state index < -0.39 is 0 Å². The highest BCUT2D eigenvalue weighted by Crippen LogP contribution is 2.19. The molecule has 0 aliphatic rings. The number of imidazole rings is 1. The van der Waals surface area contributed by atoms with Crippen molar-refractivity contribution in [2.24, 2.45) is 7.05 Å². The Morgan fingerprint density at radius 1 is 1.12 bits per heavy atom. The first-order valence-corrected chi connectivity index (χ1v) is 7.67. The van der Waals surface area contributed by atoms with Crippen molar-refractivity contribution in [2.75, 3.05) is 12.8 Å². The lowest BCUT2D eigenvalue weighted by molar-refractivity contribution is -0.667. The number of nitrogen functional groups attached to an aromatic ring is 1. The second-order valence-electron chi connectivity index (χ2n) is 5.58. The number of carbonyl (C=O) groups is 1. The molecule has 3 aromatic rings. The van der Waals surface area contributed by atoms with Gasteiger partial charge in [-0.05, 0) is 24.3 Å². The van der Waals surface area contributed by atoms with Crippen LogP contribution in [0.15, 0.2) is 60.8 Å². The van der Waals surface area contributed by atoms with Crippen molar-refractivity contribution >= 4 is 11.7 Å². The number of carbonyl (C=O) groups excluding carboxylic acids is 1. The minimum atomic E-state index is -0.000403. The van der Waals surface area contributed by atoms with Crippen molar-refractivity contribution in [3.8, 4) is 17.0 Å². The average Bonchev–Trinajstić information content (AvgIpc) is 2.91. The smallest absolute Gasteiger partial charge is 0.355 e. The Kier molecular flexibility index (Phi) is 4.33. The molecule has 2 N–H and O–H groups in total. The maximum absolute atomic E-state index is 12.5. The lowest BCUT2D eigenvalue weighted by Gasteiger charge is -2.02. The molecule has 0 fully saturated rings. The number of ketones is 1. The van der Waals surface area contributed by atoms with E-state index in [1.54, 1.807) is 35.9 Å². The van der Waals surface area contributed by atoms with Gasteiger partial charge in [-0.2, -0.15) is 0 Å². The predicted molar refractivity (Wildman–Crippen MR) is 92.8 cm³/mol. The fraction of sp³-hybridized carbons (Fsp3) is 0.158. The van der Waals surface area contributed by atoms with E-state index in [2.05, 4.69) is 0 Å². The van der Waals surface area contributed by atoms with Gasteiger partial charge in [-0.1, -0.05) is 30.3 Å². The van der Waals surface area contributed by atoms with Gasteiger partial charge in [0.2, 0.25) is 0 Å². The van der Waals surface area contributed by atoms with Crippen molar-refractivity contribution in [2.45, 2.75) is 6.54 Å². The molecule has 5 heteroatoms. The van der Waals surface area contributed by atoms with E-state index in [9.17, 15) is 4.79 Å². The van der Waals surface area contributed by atoms with E-state index in [-0.39, 0.29) is 12.3 Å². The van der Waals surface area contributed by atoms with Crippen LogP contribution in [0.1, 0.15) is 10.4 Å². The third kappa shape index (κ3) is 3.01. The lowest BCUT2D eigenvalue weighted by Crippen LogP contribution is -2.39. The van der Waals surface area contributed by atoms with Gasteiger partial charge in [0.05, 0.1) is 14.2 Å². The third-order valence-electron chi connectivity index (χ3n) is 4.07. The van der Waals surface area contributed by atoms with Crippen molar-refractivity contribution in [3.05, 3.63) is 66.4 Å². The Labute approximate surface area is 140 Å². The van der Waals surface area contributed by atoms with Crippen LogP contribution in [0.5, 0.6) is 5.75 Å². The van der Waals surface area contributed by atoms with Crippen LogP contribution in [0.3, 0.4) is 0 Å². The predicted octanol–water partition coefficient (Wildman–Crippen LogP) is 2.45. The highest BCUT2D eigenvalue weighted by Gasteiger charge is 2.20. The summed E-state index contributed by atoms with van der Waals surface area (Å²) in [5.74, 6) is 1.26. The van der Waals surface area contributed by atoms with Crippen LogP contribution in [0.4, 0.5) is 5.95 Å². The summed E-state index contributed by atoms with van der Waals surface area (Å²) in [6, 6.07) is 17.0. The van der Waals surface area contributed by atoms with E-state index in [1.807, 2.05) is 48.1 Å². The summed E-state index contributed by atoms with van der Waals surface area (Å²) in [6.07, 6.45) is 1.91. The van der Waals surface area contributed by atoms with E-state index >= 15 is 0 Å². The molecule has 2 aromatic carbocycles. The fourth-order valence-corrected chi connectivity index (χ4v) is 2.64. The minimum Gasteiger partial charge on any atom is -0.497 e. The van der Waals surface area contributed by atoms with Gasteiger partial charge in [0.1, 0.15) is 24.2 Å². The number of ether oxygens (including phenoxy) is 1. The molecular weight excluding hydrogens is 302 g/mol. The van der Waals surface area contributed by atoms with Gasteiger partial charge in [-0.3, -0.25) is 10.5 Å². The molecule has 0 spiro atoms. The fourth-order valence-electron chi connectivity index (χ4n) is 2.64. The first-order valence-electron chi connectivity index (χ1n) is 7.67. The molecule has 1 aromatic heterocycles. The molecule has 0 amide bonds. The Hall–Kier alpha value is -3.08. The number of hydrogen-bond donors (Lipinski definition) is 1. The standard InChI is InChI=1S/C19H19N3O2/c1-21-17(14-6-4-3-5-7-14)12-22(19(21)20)13-18(23)15-8-10-16(24-2)11-9-15/h3-12,20H,13H2,1-2H3/p+1. The molecular formula is C19H20N3O2+. The second kappa shape index (κ2) is 6.58. The molecule has 24 heavy (non-hydrogen) atoms. The van der Waals surface area contributed by atoms with Crippen LogP contribution in [0.25, 0.3) is 11.3 Å². The monoisotopic (exact) mass is 322 g/mol. The molecule has 0 unspecified atom stereocenters. The van der Waals surface area contributed by atoms with Crippen molar-refractivity contribution < 1.29 is 14.1 Å². The largest absolute Gasteiger partial charge is 0.497 e. The Bertz CT molecular complexity index is 852. The quantitative estimate of drug-likeness (QED) is 0.580. The number of benzene rings is 2. The van der Waals surface area contributed by atoms with Crippen molar-refractivity contribution in [1.29, 1.82) is 0 Å². The second-order valence-corrected chi connectivity index (χ2v) is 5.58. The Morgan fingerprint density at radius 3 is 2.42 bits per heavy atom. The van der Waals surface area contributed by atoms with Gasteiger partial charge >= 0.3 is 5.95 Å². The summed E-state index contributed by atoms with van der Waals surface area (Å²) in [5, 5.41) is 0. The highest BCUT2D eigenvalue weighted by atomic mass is 16.5. The number of nitrogens with zero attached hydrogens (tertiary/aromatic N) is 2. The number of aromatic nitrogens is 2.